The number of nitrogens with zero attached hydrogens (tertiary/aromatic N) is 2. The van der Waals surface area contributed by atoms with E-state index in [4.69, 9.17) is 10.5 Å². The third-order valence-corrected chi connectivity index (χ3v) is 8.49. The van der Waals surface area contributed by atoms with Crippen molar-refractivity contribution >= 4 is 27.5 Å². The van der Waals surface area contributed by atoms with E-state index >= 15 is 0 Å². The number of fused-ring (bicyclic) bond motifs is 2. The second-order valence-corrected chi connectivity index (χ2v) is 10.9. The average Bonchev–Trinajstić information content (AvgIpc) is 3.29. The van der Waals surface area contributed by atoms with Crippen LogP contribution in [0.2, 0.25) is 0 Å². The number of nitrogens with two attached hydrogens (primary N) is 1. The number of benzene rings is 1. The summed E-state index contributed by atoms with van der Waals surface area (Å²) in [4.78, 5) is 17.7. The van der Waals surface area contributed by atoms with Crippen LogP contribution in [0.3, 0.4) is 0 Å². The van der Waals surface area contributed by atoms with Crippen molar-refractivity contribution in [1.29, 1.82) is 0 Å². The van der Waals surface area contributed by atoms with Crippen molar-refractivity contribution in [2.75, 3.05) is 25.0 Å². The van der Waals surface area contributed by atoms with Gasteiger partial charge in [0.2, 0.25) is 5.90 Å². The fraction of sp³-hybridized carbons (Fsp3) is 0.565. The fourth-order valence-corrected chi connectivity index (χ4v) is 6.37. The lowest BCUT2D eigenvalue weighted by Gasteiger charge is -2.21. The SMILES string of the molecule is N/C=C(\C1=NCCCO1)S(=O)(=NCC1CC1)NC(=O)Nc1c2c(cc3c1CCC3)CCC2. The summed E-state index contributed by atoms with van der Waals surface area (Å²) in [6.45, 7) is 1.46. The summed E-state index contributed by atoms with van der Waals surface area (Å²) in [5, 5.41) is 3.05. The molecule has 1 atom stereocenters. The van der Waals surface area contributed by atoms with Gasteiger partial charge < -0.3 is 15.8 Å². The number of carbonyl (C=O) groups excluding carboxylic acids is 1. The summed E-state index contributed by atoms with van der Waals surface area (Å²) < 4.78 is 26.7. The molecule has 0 bridgehead atoms. The Labute approximate surface area is 189 Å². The van der Waals surface area contributed by atoms with Gasteiger partial charge in [-0.1, -0.05) is 6.07 Å². The Hall–Kier alpha value is -2.55. The molecule has 1 aromatic rings. The summed E-state index contributed by atoms with van der Waals surface area (Å²) in [5.41, 5.74) is 11.8. The molecule has 1 unspecified atom stereocenters. The highest BCUT2D eigenvalue weighted by Gasteiger charge is 2.30. The van der Waals surface area contributed by atoms with E-state index in [0.717, 1.165) is 63.5 Å². The molecule has 9 heteroatoms. The minimum Gasteiger partial charge on any atom is -0.477 e. The Balaban J connectivity index is 1.44. The van der Waals surface area contributed by atoms with Crippen molar-refractivity contribution in [3.05, 3.63) is 39.4 Å². The Bertz CT molecular complexity index is 1080. The topological polar surface area (TPSA) is 118 Å². The molecule has 172 valence electrons. The molecule has 5 rings (SSSR count). The van der Waals surface area contributed by atoms with E-state index in [9.17, 15) is 9.00 Å². The number of hydrogen-bond acceptors (Lipinski definition) is 6. The van der Waals surface area contributed by atoms with E-state index in [1.165, 1.54) is 28.5 Å². The van der Waals surface area contributed by atoms with Crippen LogP contribution in [-0.4, -0.2) is 35.8 Å². The zero-order valence-corrected chi connectivity index (χ0v) is 19.1. The largest absolute Gasteiger partial charge is 0.477 e. The van der Waals surface area contributed by atoms with E-state index in [0.29, 0.717) is 25.6 Å². The Kier molecular flexibility index (Phi) is 5.84. The van der Waals surface area contributed by atoms with Gasteiger partial charge in [-0.05, 0) is 79.5 Å². The third kappa shape index (κ3) is 4.22. The van der Waals surface area contributed by atoms with Crippen LogP contribution in [0.25, 0.3) is 0 Å². The first kappa shape index (κ1) is 21.3. The quantitative estimate of drug-likeness (QED) is 0.608. The van der Waals surface area contributed by atoms with Crippen molar-refractivity contribution in [2.45, 2.75) is 57.8 Å². The summed E-state index contributed by atoms with van der Waals surface area (Å²) in [7, 11) is -3.34. The normalized spacial score (nSPS) is 21.6. The number of anilines is 1. The summed E-state index contributed by atoms with van der Waals surface area (Å²) in [6, 6.07) is 1.79. The minimum absolute atomic E-state index is 0.150. The lowest BCUT2D eigenvalue weighted by Crippen LogP contribution is -2.38. The maximum atomic E-state index is 14.0. The lowest BCUT2D eigenvalue weighted by molar-refractivity contribution is 0.257. The van der Waals surface area contributed by atoms with E-state index in [-0.39, 0.29) is 10.8 Å². The van der Waals surface area contributed by atoms with Gasteiger partial charge in [0, 0.05) is 24.9 Å². The molecule has 0 radical (unpaired) electrons. The molecule has 1 aliphatic heterocycles. The highest BCUT2D eigenvalue weighted by molar-refractivity contribution is 7.97. The Morgan fingerprint density at radius 1 is 1.19 bits per heavy atom. The molecule has 1 fully saturated rings. The molecular formula is C23H31N5O3S. The zero-order valence-electron chi connectivity index (χ0n) is 18.3. The van der Waals surface area contributed by atoms with Crippen molar-refractivity contribution in [2.24, 2.45) is 21.0 Å². The van der Waals surface area contributed by atoms with E-state index in [1.54, 1.807) is 0 Å². The number of urea groups is 1. The van der Waals surface area contributed by atoms with Gasteiger partial charge in [0.15, 0.2) is 9.92 Å². The van der Waals surface area contributed by atoms with Gasteiger partial charge in [-0.3, -0.25) is 4.99 Å². The number of rotatable bonds is 6. The van der Waals surface area contributed by atoms with E-state index < -0.39 is 15.9 Å². The first-order valence-electron chi connectivity index (χ1n) is 11.6. The second-order valence-electron chi connectivity index (χ2n) is 8.99. The van der Waals surface area contributed by atoms with E-state index in [1.807, 2.05) is 0 Å². The fourth-order valence-electron chi connectivity index (χ4n) is 4.79. The number of aliphatic imine (C=N–C) groups is 1. The molecule has 0 saturated heterocycles. The van der Waals surface area contributed by atoms with Crippen LogP contribution >= 0.6 is 0 Å². The summed E-state index contributed by atoms with van der Waals surface area (Å²) in [6.07, 6.45) is 10.3. The molecule has 1 heterocycles. The van der Waals surface area contributed by atoms with Crippen molar-refractivity contribution < 1.29 is 13.7 Å². The van der Waals surface area contributed by atoms with Gasteiger partial charge in [0.05, 0.1) is 13.2 Å². The maximum Gasteiger partial charge on any atom is 0.331 e. The van der Waals surface area contributed by atoms with Crippen LogP contribution in [0.4, 0.5) is 10.5 Å². The van der Waals surface area contributed by atoms with Crippen LogP contribution in [0.5, 0.6) is 0 Å². The first-order chi connectivity index (χ1) is 15.6. The van der Waals surface area contributed by atoms with Crippen molar-refractivity contribution in [1.82, 2.24) is 4.72 Å². The summed E-state index contributed by atoms with van der Waals surface area (Å²) in [5.74, 6) is 0.625. The zero-order chi connectivity index (χ0) is 22.1. The third-order valence-electron chi connectivity index (χ3n) is 6.61. The first-order valence-corrected chi connectivity index (χ1v) is 13.2. The summed E-state index contributed by atoms with van der Waals surface area (Å²) >= 11 is 0. The van der Waals surface area contributed by atoms with Gasteiger partial charge >= 0.3 is 6.03 Å². The van der Waals surface area contributed by atoms with Crippen molar-refractivity contribution in [3.63, 3.8) is 0 Å². The molecule has 0 aromatic heterocycles. The number of nitrogens with one attached hydrogen (secondary N) is 2. The van der Waals surface area contributed by atoms with Crippen LogP contribution in [0.15, 0.2) is 26.5 Å². The molecule has 0 spiro atoms. The van der Waals surface area contributed by atoms with Crippen LogP contribution < -0.4 is 15.8 Å². The molecule has 4 aliphatic rings. The molecule has 32 heavy (non-hydrogen) atoms. The minimum atomic E-state index is -3.34. The molecule has 3 aliphatic carbocycles. The highest BCUT2D eigenvalue weighted by Crippen LogP contribution is 2.38. The number of hydrogen-bond donors (Lipinski definition) is 3. The predicted molar refractivity (Wildman–Crippen MR) is 126 cm³/mol. The number of amides is 2. The molecule has 2 amide bonds. The monoisotopic (exact) mass is 457 g/mol. The van der Waals surface area contributed by atoms with Gasteiger partial charge in [-0.15, -0.1) is 0 Å². The standard InChI is InChI=1S/C23H31N5O3S/c24-13-20(22-25-10-3-11-31-22)32(30,26-14-15-8-9-15)28-23(29)27-21-18-6-1-4-16(18)12-17-5-2-7-19(17)21/h12-13,15H,1-11,14,24H2,(H2,26,27,28,29,30)/b20-13+. The second kappa shape index (κ2) is 8.77. The molecule has 4 N–H and O–H groups in total. The molecule has 1 saturated carbocycles. The smallest absolute Gasteiger partial charge is 0.331 e. The Morgan fingerprint density at radius 3 is 2.50 bits per heavy atom. The number of ether oxygens (including phenoxy) is 1. The van der Waals surface area contributed by atoms with Gasteiger partial charge in [-0.25, -0.2) is 18.1 Å². The predicted octanol–water partition coefficient (Wildman–Crippen LogP) is 3.20. The molecule has 1 aromatic carbocycles. The molecular weight excluding hydrogens is 426 g/mol. The average molecular weight is 458 g/mol. The van der Waals surface area contributed by atoms with E-state index in [2.05, 4.69) is 25.5 Å². The number of carbonyl (C=O) groups is 1. The van der Waals surface area contributed by atoms with Crippen LogP contribution in [0, 0.1) is 5.92 Å². The Morgan fingerprint density at radius 2 is 1.91 bits per heavy atom. The van der Waals surface area contributed by atoms with Gasteiger partial charge in [0.25, 0.3) is 0 Å². The van der Waals surface area contributed by atoms with Crippen molar-refractivity contribution in [3.8, 4) is 0 Å². The highest BCUT2D eigenvalue weighted by atomic mass is 32.2. The van der Waals surface area contributed by atoms with Gasteiger partial charge in [-0.2, -0.15) is 0 Å². The number of aryl methyl sites for hydroxylation is 2. The van der Waals surface area contributed by atoms with Crippen LogP contribution in [0.1, 0.15) is 54.4 Å². The maximum absolute atomic E-state index is 14.0. The van der Waals surface area contributed by atoms with Crippen LogP contribution in [-0.2, 0) is 40.3 Å². The van der Waals surface area contributed by atoms with Gasteiger partial charge in [0.1, 0.15) is 4.91 Å². The molecule has 8 nitrogen and oxygen atoms in total. The lowest BCUT2D eigenvalue weighted by atomic mass is 9.99.